The standard InChI is InChI=1S/C15H19FN2S/c1-3-4-13-14(10-17-2)19-15(18-13)9-11-5-7-12(16)8-6-11/h5-8,17H,3-4,9-10H2,1-2H3. The maximum atomic E-state index is 12.9. The maximum Gasteiger partial charge on any atom is 0.123 e. The summed E-state index contributed by atoms with van der Waals surface area (Å²) < 4.78 is 12.9. The Bertz CT molecular complexity index is 496. The molecule has 0 unspecified atom stereocenters. The minimum Gasteiger partial charge on any atom is -0.315 e. The normalized spacial score (nSPS) is 10.9. The van der Waals surface area contributed by atoms with E-state index in [1.165, 1.54) is 22.7 Å². The van der Waals surface area contributed by atoms with Crippen molar-refractivity contribution in [3.8, 4) is 0 Å². The first-order valence-corrected chi connectivity index (χ1v) is 7.41. The molecule has 1 heterocycles. The molecular formula is C15H19FN2S. The smallest absolute Gasteiger partial charge is 0.123 e. The minimum atomic E-state index is -0.189. The van der Waals surface area contributed by atoms with Crippen LogP contribution in [0.25, 0.3) is 0 Å². The van der Waals surface area contributed by atoms with Gasteiger partial charge in [0, 0.05) is 17.8 Å². The fraction of sp³-hybridized carbons (Fsp3) is 0.400. The maximum absolute atomic E-state index is 12.9. The lowest BCUT2D eigenvalue weighted by Gasteiger charge is -1.98. The lowest BCUT2D eigenvalue weighted by Crippen LogP contribution is -2.05. The molecule has 0 fully saturated rings. The summed E-state index contributed by atoms with van der Waals surface area (Å²) in [4.78, 5) is 6.04. The third kappa shape index (κ3) is 3.85. The summed E-state index contributed by atoms with van der Waals surface area (Å²) in [5.41, 5.74) is 2.31. The van der Waals surface area contributed by atoms with Crippen LogP contribution in [0.15, 0.2) is 24.3 Å². The van der Waals surface area contributed by atoms with Crippen LogP contribution in [0.2, 0.25) is 0 Å². The molecule has 0 aliphatic heterocycles. The van der Waals surface area contributed by atoms with Gasteiger partial charge in [-0.2, -0.15) is 0 Å². The average Bonchev–Trinajstić information content (AvgIpc) is 2.75. The quantitative estimate of drug-likeness (QED) is 0.874. The topological polar surface area (TPSA) is 24.9 Å². The van der Waals surface area contributed by atoms with E-state index >= 15 is 0 Å². The molecule has 4 heteroatoms. The first-order valence-electron chi connectivity index (χ1n) is 6.59. The largest absolute Gasteiger partial charge is 0.315 e. The number of hydrogen-bond donors (Lipinski definition) is 1. The highest BCUT2D eigenvalue weighted by Gasteiger charge is 2.10. The van der Waals surface area contributed by atoms with E-state index in [1.54, 1.807) is 11.3 Å². The van der Waals surface area contributed by atoms with E-state index in [1.807, 2.05) is 19.2 Å². The van der Waals surface area contributed by atoms with Crippen molar-refractivity contribution in [2.45, 2.75) is 32.7 Å². The molecule has 2 aromatic rings. The number of hydrogen-bond acceptors (Lipinski definition) is 3. The van der Waals surface area contributed by atoms with Gasteiger partial charge in [-0.25, -0.2) is 9.37 Å². The number of thiazole rings is 1. The number of benzene rings is 1. The van der Waals surface area contributed by atoms with Crippen LogP contribution in [0, 0.1) is 5.82 Å². The van der Waals surface area contributed by atoms with E-state index in [2.05, 4.69) is 12.2 Å². The number of nitrogens with zero attached hydrogens (tertiary/aromatic N) is 1. The Morgan fingerprint density at radius 1 is 1.26 bits per heavy atom. The predicted molar refractivity (Wildman–Crippen MR) is 78.1 cm³/mol. The molecule has 19 heavy (non-hydrogen) atoms. The van der Waals surface area contributed by atoms with Crippen molar-refractivity contribution in [2.24, 2.45) is 0 Å². The zero-order valence-electron chi connectivity index (χ0n) is 11.4. The molecule has 1 N–H and O–H groups in total. The molecule has 2 rings (SSSR count). The van der Waals surface area contributed by atoms with Crippen molar-refractivity contribution >= 4 is 11.3 Å². The lowest BCUT2D eigenvalue weighted by molar-refractivity contribution is 0.627. The van der Waals surface area contributed by atoms with Gasteiger partial charge in [-0.05, 0) is 31.2 Å². The predicted octanol–water partition coefficient (Wildman–Crippen LogP) is 3.54. The summed E-state index contributed by atoms with van der Waals surface area (Å²) in [6.45, 7) is 3.04. The highest BCUT2D eigenvalue weighted by atomic mass is 32.1. The van der Waals surface area contributed by atoms with Crippen LogP contribution in [0.5, 0.6) is 0 Å². The van der Waals surface area contributed by atoms with Crippen molar-refractivity contribution in [3.63, 3.8) is 0 Å². The van der Waals surface area contributed by atoms with E-state index in [0.29, 0.717) is 0 Å². The Morgan fingerprint density at radius 2 is 2.00 bits per heavy atom. The van der Waals surface area contributed by atoms with Crippen LogP contribution in [0.3, 0.4) is 0 Å². The van der Waals surface area contributed by atoms with Crippen molar-refractivity contribution in [1.82, 2.24) is 10.3 Å². The van der Waals surface area contributed by atoms with E-state index in [0.717, 1.165) is 36.4 Å². The molecule has 0 radical (unpaired) electrons. The summed E-state index contributed by atoms with van der Waals surface area (Å²) in [6.07, 6.45) is 2.92. The number of nitrogens with one attached hydrogen (secondary N) is 1. The van der Waals surface area contributed by atoms with Gasteiger partial charge in [-0.1, -0.05) is 25.5 Å². The van der Waals surface area contributed by atoms with E-state index in [9.17, 15) is 4.39 Å². The molecule has 0 saturated carbocycles. The van der Waals surface area contributed by atoms with Gasteiger partial charge in [0.15, 0.2) is 0 Å². The number of aryl methyl sites for hydroxylation is 1. The van der Waals surface area contributed by atoms with Gasteiger partial charge in [-0.3, -0.25) is 0 Å². The van der Waals surface area contributed by atoms with Gasteiger partial charge in [0.2, 0.25) is 0 Å². The van der Waals surface area contributed by atoms with Crippen LogP contribution < -0.4 is 5.32 Å². The summed E-state index contributed by atoms with van der Waals surface area (Å²) in [6, 6.07) is 6.66. The Labute approximate surface area is 117 Å². The van der Waals surface area contributed by atoms with Gasteiger partial charge in [0.1, 0.15) is 5.82 Å². The van der Waals surface area contributed by atoms with Crippen LogP contribution in [-0.4, -0.2) is 12.0 Å². The highest BCUT2D eigenvalue weighted by molar-refractivity contribution is 7.11. The summed E-state index contributed by atoms with van der Waals surface area (Å²) >= 11 is 1.76. The van der Waals surface area contributed by atoms with E-state index in [4.69, 9.17) is 4.98 Å². The first kappa shape index (κ1) is 14.2. The minimum absolute atomic E-state index is 0.189. The Morgan fingerprint density at radius 3 is 2.63 bits per heavy atom. The molecule has 0 aliphatic carbocycles. The number of halogens is 1. The van der Waals surface area contributed by atoms with Crippen molar-refractivity contribution < 1.29 is 4.39 Å². The average molecular weight is 278 g/mol. The molecule has 0 atom stereocenters. The molecule has 2 nitrogen and oxygen atoms in total. The lowest BCUT2D eigenvalue weighted by atomic mass is 10.1. The van der Waals surface area contributed by atoms with Crippen LogP contribution in [-0.2, 0) is 19.4 Å². The van der Waals surface area contributed by atoms with Crippen LogP contribution >= 0.6 is 11.3 Å². The van der Waals surface area contributed by atoms with Crippen LogP contribution in [0.1, 0.15) is 34.5 Å². The monoisotopic (exact) mass is 278 g/mol. The Balaban J connectivity index is 2.15. The third-order valence-electron chi connectivity index (χ3n) is 2.92. The third-order valence-corrected chi connectivity index (χ3v) is 4.01. The summed E-state index contributed by atoms with van der Waals surface area (Å²) in [5.74, 6) is -0.189. The van der Waals surface area contributed by atoms with Gasteiger partial charge in [-0.15, -0.1) is 11.3 Å². The second-order valence-corrected chi connectivity index (χ2v) is 5.73. The molecular weight excluding hydrogens is 259 g/mol. The number of rotatable bonds is 6. The fourth-order valence-electron chi connectivity index (χ4n) is 2.02. The van der Waals surface area contributed by atoms with Crippen molar-refractivity contribution in [3.05, 3.63) is 51.2 Å². The zero-order valence-corrected chi connectivity index (χ0v) is 12.2. The molecule has 102 valence electrons. The Kier molecular flexibility index (Phi) is 5.05. The van der Waals surface area contributed by atoms with Crippen molar-refractivity contribution in [1.29, 1.82) is 0 Å². The molecule has 0 spiro atoms. The zero-order chi connectivity index (χ0) is 13.7. The van der Waals surface area contributed by atoms with Gasteiger partial charge in [0.05, 0.1) is 10.7 Å². The number of aromatic nitrogens is 1. The van der Waals surface area contributed by atoms with Crippen LogP contribution in [0.4, 0.5) is 4.39 Å². The molecule has 1 aromatic heterocycles. The SMILES string of the molecule is CCCc1nc(Cc2ccc(F)cc2)sc1CNC. The molecule has 0 bridgehead atoms. The van der Waals surface area contributed by atoms with Gasteiger partial charge < -0.3 is 5.32 Å². The highest BCUT2D eigenvalue weighted by Crippen LogP contribution is 2.22. The molecule has 0 saturated heterocycles. The Hall–Kier alpha value is -1.26. The first-order chi connectivity index (χ1) is 9.22. The van der Waals surface area contributed by atoms with Gasteiger partial charge >= 0.3 is 0 Å². The molecule has 0 amide bonds. The second-order valence-electron chi connectivity index (χ2n) is 4.56. The van der Waals surface area contributed by atoms with E-state index < -0.39 is 0 Å². The summed E-state index contributed by atoms with van der Waals surface area (Å²) in [7, 11) is 1.95. The molecule has 1 aromatic carbocycles. The van der Waals surface area contributed by atoms with Gasteiger partial charge in [0.25, 0.3) is 0 Å². The second kappa shape index (κ2) is 6.78. The fourth-order valence-corrected chi connectivity index (χ4v) is 3.18. The summed E-state index contributed by atoms with van der Waals surface area (Å²) in [5, 5.41) is 4.30. The van der Waals surface area contributed by atoms with Crippen molar-refractivity contribution in [2.75, 3.05) is 7.05 Å². The molecule has 0 aliphatic rings. The van der Waals surface area contributed by atoms with E-state index in [-0.39, 0.29) is 5.82 Å².